The highest BCUT2D eigenvalue weighted by molar-refractivity contribution is 5.98. The van der Waals surface area contributed by atoms with Gasteiger partial charge in [0.2, 0.25) is 5.91 Å². The molecule has 3 rings (SSSR count). The molecule has 0 aromatic heterocycles. The van der Waals surface area contributed by atoms with Crippen molar-refractivity contribution in [3.8, 4) is 5.75 Å². The van der Waals surface area contributed by atoms with E-state index in [1.807, 2.05) is 60.7 Å². The van der Waals surface area contributed by atoms with Crippen molar-refractivity contribution in [2.75, 3.05) is 18.6 Å². The Morgan fingerprint density at radius 2 is 1.47 bits per heavy atom. The number of likely N-dealkylation sites (N-methyl/N-ethyl adjacent to an activating group) is 1. The van der Waals surface area contributed by atoms with Crippen LogP contribution in [0.2, 0.25) is 0 Å². The fourth-order valence-corrected chi connectivity index (χ4v) is 3.24. The number of alkyl carbamates (subject to hydrolysis) is 1. The maximum Gasteiger partial charge on any atom is 0.408 e. The van der Waals surface area contributed by atoms with Crippen molar-refractivity contribution in [3.05, 3.63) is 96.1 Å². The van der Waals surface area contributed by atoms with Crippen LogP contribution in [0.1, 0.15) is 11.1 Å². The lowest BCUT2D eigenvalue weighted by molar-refractivity contribution is -0.120. The Balaban J connectivity index is 1.69. The SMILES string of the molecule is CN(C(=O)C(Cc1ccccc1)NC(=O)OCc1ccccc1)c1ccc(OCC(N)=O)cc1. The minimum atomic E-state index is -0.846. The smallest absolute Gasteiger partial charge is 0.408 e. The Morgan fingerprint density at radius 1 is 0.882 bits per heavy atom. The van der Waals surface area contributed by atoms with Gasteiger partial charge >= 0.3 is 6.09 Å². The van der Waals surface area contributed by atoms with Gasteiger partial charge in [0.1, 0.15) is 18.4 Å². The second-order valence-corrected chi connectivity index (χ2v) is 7.59. The molecule has 3 amide bonds. The number of carbonyl (C=O) groups is 3. The molecule has 0 aliphatic rings. The molecule has 0 radical (unpaired) electrons. The Labute approximate surface area is 198 Å². The van der Waals surface area contributed by atoms with E-state index in [1.165, 1.54) is 4.90 Å². The Hall–Kier alpha value is -4.33. The van der Waals surface area contributed by atoms with Crippen molar-refractivity contribution < 1.29 is 23.9 Å². The molecular formula is C26H27N3O5. The molecule has 0 saturated carbocycles. The van der Waals surface area contributed by atoms with Crippen LogP contribution < -0.4 is 20.7 Å². The molecule has 176 valence electrons. The fourth-order valence-electron chi connectivity index (χ4n) is 3.24. The summed E-state index contributed by atoms with van der Waals surface area (Å²) in [6.45, 7) is -0.135. The number of nitrogens with one attached hydrogen (secondary N) is 1. The maximum atomic E-state index is 13.3. The number of ether oxygens (including phenoxy) is 2. The van der Waals surface area contributed by atoms with E-state index in [1.54, 1.807) is 31.3 Å². The maximum absolute atomic E-state index is 13.3. The zero-order valence-electron chi connectivity index (χ0n) is 18.8. The van der Waals surface area contributed by atoms with Crippen LogP contribution in [-0.2, 0) is 27.4 Å². The minimum Gasteiger partial charge on any atom is -0.484 e. The number of hydrogen-bond acceptors (Lipinski definition) is 5. The van der Waals surface area contributed by atoms with Crippen molar-refractivity contribution in [1.82, 2.24) is 5.32 Å². The first-order valence-corrected chi connectivity index (χ1v) is 10.7. The van der Waals surface area contributed by atoms with Gasteiger partial charge in [0, 0.05) is 19.2 Å². The molecule has 0 bridgehead atoms. The zero-order valence-corrected chi connectivity index (χ0v) is 18.8. The molecule has 8 heteroatoms. The second-order valence-electron chi connectivity index (χ2n) is 7.59. The van der Waals surface area contributed by atoms with Crippen LogP contribution in [-0.4, -0.2) is 37.6 Å². The number of nitrogens with two attached hydrogens (primary N) is 1. The van der Waals surface area contributed by atoms with Crippen molar-refractivity contribution in [2.45, 2.75) is 19.1 Å². The van der Waals surface area contributed by atoms with Crippen LogP contribution in [0.5, 0.6) is 5.75 Å². The van der Waals surface area contributed by atoms with E-state index in [9.17, 15) is 14.4 Å². The minimum absolute atomic E-state index is 0.0987. The number of anilines is 1. The summed E-state index contributed by atoms with van der Waals surface area (Å²) in [5, 5.41) is 2.70. The first kappa shape index (κ1) is 24.3. The van der Waals surface area contributed by atoms with Gasteiger partial charge in [-0.15, -0.1) is 0 Å². The van der Waals surface area contributed by atoms with E-state index >= 15 is 0 Å². The first-order chi connectivity index (χ1) is 16.4. The Kier molecular flexibility index (Phi) is 8.62. The summed E-state index contributed by atoms with van der Waals surface area (Å²) in [7, 11) is 1.62. The van der Waals surface area contributed by atoms with E-state index in [0.717, 1.165) is 11.1 Å². The summed E-state index contributed by atoms with van der Waals surface area (Å²) >= 11 is 0. The lowest BCUT2D eigenvalue weighted by Gasteiger charge is -2.25. The molecule has 0 fully saturated rings. The third-order valence-corrected chi connectivity index (χ3v) is 5.02. The van der Waals surface area contributed by atoms with Crippen molar-refractivity contribution >= 4 is 23.6 Å². The number of carbonyl (C=O) groups excluding carboxylic acids is 3. The summed E-state index contributed by atoms with van der Waals surface area (Å²) in [6, 6.07) is 24.5. The number of primary amides is 1. The number of hydrogen-bond donors (Lipinski definition) is 2. The van der Waals surface area contributed by atoms with Gasteiger partial charge in [-0.2, -0.15) is 0 Å². The molecule has 1 unspecified atom stereocenters. The van der Waals surface area contributed by atoms with Gasteiger partial charge in [0.25, 0.3) is 5.91 Å². The van der Waals surface area contributed by atoms with Gasteiger partial charge in [-0.1, -0.05) is 60.7 Å². The molecule has 34 heavy (non-hydrogen) atoms. The number of nitrogens with zero attached hydrogens (tertiary/aromatic N) is 1. The molecule has 8 nitrogen and oxygen atoms in total. The van der Waals surface area contributed by atoms with Crippen molar-refractivity contribution in [3.63, 3.8) is 0 Å². The summed E-state index contributed by atoms with van der Waals surface area (Å²) in [5.41, 5.74) is 7.42. The van der Waals surface area contributed by atoms with E-state index in [4.69, 9.17) is 15.2 Å². The third kappa shape index (κ3) is 7.37. The van der Waals surface area contributed by atoms with Crippen LogP contribution >= 0.6 is 0 Å². The highest BCUT2D eigenvalue weighted by Gasteiger charge is 2.26. The molecule has 1 atom stereocenters. The van der Waals surface area contributed by atoms with Crippen LogP contribution in [0.15, 0.2) is 84.9 Å². The van der Waals surface area contributed by atoms with Crippen LogP contribution in [0.3, 0.4) is 0 Å². The van der Waals surface area contributed by atoms with Gasteiger partial charge in [0.05, 0.1) is 0 Å². The first-order valence-electron chi connectivity index (χ1n) is 10.7. The Bertz CT molecular complexity index is 1090. The molecule has 3 aromatic rings. The topological polar surface area (TPSA) is 111 Å². The van der Waals surface area contributed by atoms with E-state index in [-0.39, 0.29) is 19.1 Å². The predicted molar refractivity (Wildman–Crippen MR) is 128 cm³/mol. The molecule has 0 saturated heterocycles. The number of rotatable bonds is 10. The number of amides is 3. The molecule has 3 aromatic carbocycles. The lowest BCUT2D eigenvalue weighted by atomic mass is 10.0. The van der Waals surface area contributed by atoms with Gasteiger partial charge in [-0.25, -0.2) is 4.79 Å². The zero-order chi connectivity index (χ0) is 24.3. The fraction of sp³-hybridized carbons (Fsp3) is 0.192. The van der Waals surface area contributed by atoms with E-state index < -0.39 is 18.0 Å². The van der Waals surface area contributed by atoms with Gasteiger partial charge in [0.15, 0.2) is 6.61 Å². The predicted octanol–water partition coefficient (Wildman–Crippen LogP) is 3.05. The Morgan fingerprint density at radius 3 is 2.06 bits per heavy atom. The van der Waals surface area contributed by atoms with E-state index in [2.05, 4.69) is 5.32 Å². The van der Waals surface area contributed by atoms with Gasteiger partial charge < -0.3 is 25.4 Å². The van der Waals surface area contributed by atoms with E-state index in [0.29, 0.717) is 17.9 Å². The average molecular weight is 462 g/mol. The number of benzene rings is 3. The van der Waals surface area contributed by atoms with Crippen molar-refractivity contribution in [1.29, 1.82) is 0 Å². The van der Waals surface area contributed by atoms with Gasteiger partial charge in [-0.05, 0) is 35.4 Å². The standard InChI is InChI=1S/C26H27N3O5/c1-29(21-12-14-22(15-13-21)33-18-24(27)30)25(31)23(16-19-8-4-2-5-9-19)28-26(32)34-17-20-10-6-3-7-11-20/h2-15,23H,16-18H2,1H3,(H2,27,30)(H,28,32). The molecular weight excluding hydrogens is 434 g/mol. The van der Waals surface area contributed by atoms with Crippen LogP contribution in [0.25, 0.3) is 0 Å². The molecule has 0 aliphatic heterocycles. The summed E-state index contributed by atoms with van der Waals surface area (Å²) in [6.07, 6.45) is -0.383. The van der Waals surface area contributed by atoms with Crippen molar-refractivity contribution in [2.24, 2.45) is 5.73 Å². The average Bonchev–Trinajstić information content (AvgIpc) is 2.86. The highest BCUT2D eigenvalue weighted by Crippen LogP contribution is 2.20. The normalized spacial score (nSPS) is 11.2. The second kappa shape index (κ2) is 12.1. The molecule has 0 heterocycles. The molecule has 3 N–H and O–H groups in total. The summed E-state index contributed by atoms with van der Waals surface area (Å²) in [5.74, 6) is -0.441. The molecule has 0 spiro atoms. The third-order valence-electron chi connectivity index (χ3n) is 5.02. The summed E-state index contributed by atoms with van der Waals surface area (Å²) in [4.78, 5) is 38.1. The molecule has 0 aliphatic carbocycles. The highest BCUT2D eigenvalue weighted by atomic mass is 16.5. The lowest BCUT2D eigenvalue weighted by Crippen LogP contribution is -2.48. The quantitative estimate of drug-likeness (QED) is 0.482. The van der Waals surface area contributed by atoms with Crippen LogP contribution in [0, 0.1) is 0 Å². The van der Waals surface area contributed by atoms with Crippen LogP contribution in [0.4, 0.5) is 10.5 Å². The summed E-state index contributed by atoms with van der Waals surface area (Å²) < 4.78 is 10.6. The van der Waals surface area contributed by atoms with Gasteiger partial charge in [-0.3, -0.25) is 9.59 Å². The largest absolute Gasteiger partial charge is 0.484 e. The monoisotopic (exact) mass is 461 g/mol.